The van der Waals surface area contributed by atoms with E-state index in [4.69, 9.17) is 5.73 Å². The lowest BCUT2D eigenvalue weighted by molar-refractivity contribution is 0.208. The standard InChI is InChI=1S/C11H17N5O/c1-3-6-16-9(4-5-13-16)10(17)8-7-14-15(2)11(8)12/h4-5,7,10,17H,3,6,12H2,1-2H3. The quantitative estimate of drug-likeness (QED) is 0.817. The van der Waals surface area contributed by atoms with Crippen LogP contribution in [0.25, 0.3) is 0 Å². The van der Waals surface area contributed by atoms with E-state index in [0.29, 0.717) is 11.4 Å². The molecule has 0 fully saturated rings. The average Bonchev–Trinajstić information content (AvgIpc) is 2.88. The Morgan fingerprint density at radius 1 is 1.47 bits per heavy atom. The van der Waals surface area contributed by atoms with Crippen LogP contribution in [0.5, 0.6) is 0 Å². The van der Waals surface area contributed by atoms with Gasteiger partial charge >= 0.3 is 0 Å². The first-order chi connectivity index (χ1) is 8.15. The zero-order chi connectivity index (χ0) is 12.4. The van der Waals surface area contributed by atoms with Gasteiger partial charge in [0.05, 0.1) is 11.9 Å². The van der Waals surface area contributed by atoms with Gasteiger partial charge in [-0.1, -0.05) is 6.92 Å². The van der Waals surface area contributed by atoms with E-state index in [9.17, 15) is 5.11 Å². The zero-order valence-electron chi connectivity index (χ0n) is 10.0. The Morgan fingerprint density at radius 3 is 2.82 bits per heavy atom. The summed E-state index contributed by atoms with van der Waals surface area (Å²) < 4.78 is 3.33. The topological polar surface area (TPSA) is 81.9 Å². The van der Waals surface area contributed by atoms with E-state index in [1.54, 1.807) is 34.9 Å². The number of aliphatic hydroxyl groups is 1. The number of nitrogens with zero attached hydrogens (tertiary/aromatic N) is 4. The van der Waals surface area contributed by atoms with Crippen LogP contribution in [0.1, 0.15) is 30.7 Å². The molecule has 92 valence electrons. The summed E-state index contributed by atoms with van der Waals surface area (Å²) in [5.74, 6) is 0.474. The van der Waals surface area contributed by atoms with Gasteiger partial charge in [-0.25, -0.2) is 0 Å². The molecule has 0 aliphatic rings. The molecule has 0 saturated heterocycles. The number of aliphatic hydroxyl groups excluding tert-OH is 1. The fourth-order valence-electron chi connectivity index (χ4n) is 1.81. The van der Waals surface area contributed by atoms with Crippen molar-refractivity contribution >= 4 is 5.82 Å². The number of hydrogen-bond donors (Lipinski definition) is 2. The molecular formula is C11H17N5O. The number of aryl methyl sites for hydroxylation is 2. The summed E-state index contributed by atoms with van der Waals surface area (Å²) >= 11 is 0. The Morgan fingerprint density at radius 2 is 2.24 bits per heavy atom. The highest BCUT2D eigenvalue weighted by Gasteiger charge is 2.19. The number of rotatable bonds is 4. The predicted octanol–water partition coefficient (Wildman–Crippen LogP) is 0.691. The summed E-state index contributed by atoms with van der Waals surface area (Å²) in [5.41, 5.74) is 7.20. The maximum absolute atomic E-state index is 10.3. The minimum Gasteiger partial charge on any atom is -0.384 e. The Bertz CT molecular complexity index is 502. The summed E-state index contributed by atoms with van der Waals surface area (Å²) in [7, 11) is 1.74. The van der Waals surface area contributed by atoms with E-state index < -0.39 is 6.10 Å². The summed E-state index contributed by atoms with van der Waals surface area (Å²) in [5, 5.41) is 18.5. The van der Waals surface area contributed by atoms with Crippen molar-refractivity contribution in [3.63, 3.8) is 0 Å². The SMILES string of the molecule is CCCn1nccc1C(O)c1cnn(C)c1N. The van der Waals surface area contributed by atoms with E-state index in [0.717, 1.165) is 18.7 Å². The molecule has 0 aliphatic carbocycles. The van der Waals surface area contributed by atoms with Crippen LogP contribution in [0.2, 0.25) is 0 Å². The normalized spacial score (nSPS) is 12.9. The highest BCUT2D eigenvalue weighted by molar-refractivity contribution is 5.42. The van der Waals surface area contributed by atoms with Gasteiger partial charge in [-0.2, -0.15) is 10.2 Å². The fraction of sp³-hybridized carbons (Fsp3) is 0.455. The number of nitrogen functional groups attached to an aromatic ring is 1. The van der Waals surface area contributed by atoms with Gasteiger partial charge in [-0.15, -0.1) is 0 Å². The van der Waals surface area contributed by atoms with Crippen molar-refractivity contribution in [3.05, 3.63) is 29.7 Å². The van der Waals surface area contributed by atoms with E-state index in [1.165, 1.54) is 0 Å². The number of anilines is 1. The van der Waals surface area contributed by atoms with Gasteiger partial charge in [-0.05, 0) is 12.5 Å². The highest BCUT2D eigenvalue weighted by Crippen LogP contribution is 2.25. The third-order valence-electron chi connectivity index (χ3n) is 2.77. The second kappa shape index (κ2) is 4.58. The van der Waals surface area contributed by atoms with Crippen LogP contribution in [0.4, 0.5) is 5.82 Å². The Hall–Kier alpha value is -1.82. The molecular weight excluding hydrogens is 218 g/mol. The molecule has 0 aliphatic heterocycles. The summed E-state index contributed by atoms with van der Waals surface area (Å²) in [6.07, 6.45) is 3.45. The minimum absolute atomic E-state index is 0.474. The average molecular weight is 235 g/mol. The van der Waals surface area contributed by atoms with Crippen molar-refractivity contribution in [2.45, 2.75) is 26.0 Å². The molecule has 2 rings (SSSR count). The van der Waals surface area contributed by atoms with Crippen LogP contribution in [-0.4, -0.2) is 24.7 Å². The maximum atomic E-state index is 10.3. The molecule has 6 nitrogen and oxygen atoms in total. The molecule has 0 amide bonds. The Labute approximate surface area is 99.7 Å². The molecule has 0 radical (unpaired) electrons. The minimum atomic E-state index is -0.780. The van der Waals surface area contributed by atoms with Crippen LogP contribution in [0, 0.1) is 0 Å². The zero-order valence-corrected chi connectivity index (χ0v) is 10.0. The van der Waals surface area contributed by atoms with Crippen LogP contribution < -0.4 is 5.73 Å². The maximum Gasteiger partial charge on any atom is 0.127 e. The molecule has 3 N–H and O–H groups in total. The molecule has 17 heavy (non-hydrogen) atoms. The Kier molecular flexibility index (Phi) is 3.14. The second-order valence-corrected chi connectivity index (χ2v) is 3.99. The molecule has 2 aromatic rings. The number of aromatic nitrogens is 4. The molecule has 0 saturated carbocycles. The summed E-state index contributed by atoms with van der Waals surface area (Å²) in [6.45, 7) is 2.84. The smallest absolute Gasteiger partial charge is 0.127 e. The number of hydrogen-bond acceptors (Lipinski definition) is 4. The van der Waals surface area contributed by atoms with Crippen LogP contribution in [0.15, 0.2) is 18.5 Å². The molecule has 6 heteroatoms. The lowest BCUT2D eigenvalue weighted by Gasteiger charge is -2.12. The van der Waals surface area contributed by atoms with Gasteiger partial charge in [0.1, 0.15) is 11.9 Å². The van der Waals surface area contributed by atoms with Crippen molar-refractivity contribution < 1.29 is 5.11 Å². The van der Waals surface area contributed by atoms with Crippen molar-refractivity contribution in [2.75, 3.05) is 5.73 Å². The van der Waals surface area contributed by atoms with E-state index in [-0.39, 0.29) is 0 Å². The van der Waals surface area contributed by atoms with Crippen LogP contribution in [-0.2, 0) is 13.6 Å². The first-order valence-corrected chi connectivity index (χ1v) is 5.62. The van der Waals surface area contributed by atoms with E-state index in [2.05, 4.69) is 17.1 Å². The third kappa shape index (κ3) is 2.03. The van der Waals surface area contributed by atoms with Gasteiger partial charge in [0.2, 0.25) is 0 Å². The predicted molar refractivity (Wildman–Crippen MR) is 64.2 cm³/mol. The van der Waals surface area contributed by atoms with Crippen LogP contribution in [0.3, 0.4) is 0 Å². The lowest BCUT2D eigenvalue weighted by atomic mass is 10.1. The first-order valence-electron chi connectivity index (χ1n) is 5.62. The molecule has 0 bridgehead atoms. The highest BCUT2D eigenvalue weighted by atomic mass is 16.3. The Balaban J connectivity index is 2.33. The van der Waals surface area contributed by atoms with Gasteiger partial charge in [-0.3, -0.25) is 9.36 Å². The summed E-state index contributed by atoms with van der Waals surface area (Å²) in [6, 6.07) is 1.80. The van der Waals surface area contributed by atoms with Gasteiger partial charge < -0.3 is 10.8 Å². The molecule has 2 aromatic heterocycles. The lowest BCUT2D eigenvalue weighted by Crippen LogP contribution is -2.11. The molecule has 1 atom stereocenters. The number of nitrogens with two attached hydrogens (primary N) is 1. The summed E-state index contributed by atoms with van der Waals surface area (Å²) in [4.78, 5) is 0. The van der Waals surface area contributed by atoms with Gasteiger partial charge in [0.25, 0.3) is 0 Å². The first kappa shape index (κ1) is 11.7. The fourth-order valence-corrected chi connectivity index (χ4v) is 1.81. The second-order valence-electron chi connectivity index (χ2n) is 3.99. The van der Waals surface area contributed by atoms with Gasteiger partial charge in [0.15, 0.2) is 0 Å². The molecule has 1 unspecified atom stereocenters. The molecule has 0 spiro atoms. The van der Waals surface area contributed by atoms with Crippen molar-refractivity contribution in [1.82, 2.24) is 19.6 Å². The monoisotopic (exact) mass is 235 g/mol. The van der Waals surface area contributed by atoms with Crippen molar-refractivity contribution in [1.29, 1.82) is 0 Å². The van der Waals surface area contributed by atoms with Crippen molar-refractivity contribution in [2.24, 2.45) is 7.05 Å². The largest absolute Gasteiger partial charge is 0.384 e. The van der Waals surface area contributed by atoms with Gasteiger partial charge in [0, 0.05) is 25.4 Å². The van der Waals surface area contributed by atoms with Crippen LogP contribution >= 0.6 is 0 Å². The molecule has 2 heterocycles. The van der Waals surface area contributed by atoms with E-state index >= 15 is 0 Å². The van der Waals surface area contributed by atoms with Crippen molar-refractivity contribution in [3.8, 4) is 0 Å². The third-order valence-corrected chi connectivity index (χ3v) is 2.77. The molecule has 0 aromatic carbocycles. The van der Waals surface area contributed by atoms with E-state index in [1.807, 2.05) is 0 Å².